The quantitative estimate of drug-likeness (QED) is 0.810. The van der Waals surface area contributed by atoms with Gasteiger partial charge in [-0.25, -0.2) is 9.97 Å². The van der Waals surface area contributed by atoms with Gasteiger partial charge in [0.1, 0.15) is 6.33 Å². The van der Waals surface area contributed by atoms with Crippen LogP contribution in [-0.4, -0.2) is 24.3 Å². The average molecular weight is 248 g/mol. The highest BCUT2D eigenvalue weighted by Crippen LogP contribution is 2.10. The summed E-state index contributed by atoms with van der Waals surface area (Å²) in [6, 6.07) is 0. The van der Waals surface area contributed by atoms with Crippen LogP contribution in [0.2, 0.25) is 0 Å². The Kier molecular flexibility index (Phi) is 3.00. The first-order valence-corrected chi connectivity index (χ1v) is 5.62. The molecule has 2 N–H and O–H groups in total. The summed E-state index contributed by atoms with van der Waals surface area (Å²) in [6.07, 6.45) is 4.68. The van der Waals surface area contributed by atoms with Crippen molar-refractivity contribution in [3.8, 4) is 5.82 Å². The Hall–Kier alpha value is -2.02. The van der Waals surface area contributed by atoms with E-state index in [9.17, 15) is 4.79 Å². The van der Waals surface area contributed by atoms with E-state index in [1.165, 1.54) is 11.0 Å². The van der Waals surface area contributed by atoms with E-state index in [4.69, 9.17) is 5.73 Å². The number of hydrogen-bond donors (Lipinski definition) is 1. The van der Waals surface area contributed by atoms with Crippen molar-refractivity contribution in [3.05, 3.63) is 34.9 Å². The molecule has 0 aliphatic heterocycles. The van der Waals surface area contributed by atoms with Crippen LogP contribution >= 0.6 is 0 Å². The lowest BCUT2D eigenvalue weighted by Crippen LogP contribution is -2.36. The molecular weight excluding hydrogens is 232 g/mol. The Morgan fingerprint density at radius 1 is 1.33 bits per heavy atom. The predicted molar refractivity (Wildman–Crippen MR) is 66.3 cm³/mol. The zero-order valence-corrected chi connectivity index (χ0v) is 10.7. The van der Waals surface area contributed by atoms with E-state index in [0.717, 1.165) is 0 Å². The molecule has 0 aliphatic rings. The highest BCUT2D eigenvalue weighted by atomic mass is 16.1. The minimum absolute atomic E-state index is 0.210. The van der Waals surface area contributed by atoms with Gasteiger partial charge in [0, 0.05) is 17.9 Å². The zero-order chi connectivity index (χ0) is 13.3. The summed E-state index contributed by atoms with van der Waals surface area (Å²) in [5.41, 5.74) is 4.91. The molecule has 0 spiro atoms. The van der Waals surface area contributed by atoms with Gasteiger partial charge in [0.25, 0.3) is 5.56 Å². The fourth-order valence-electron chi connectivity index (χ4n) is 1.58. The molecule has 2 rings (SSSR count). The second-order valence-corrected chi connectivity index (χ2v) is 4.91. The number of nitrogens with zero attached hydrogens (tertiary/aromatic N) is 5. The molecule has 0 fully saturated rings. The fraction of sp³-hybridized carbons (Fsp3) is 0.455. The summed E-state index contributed by atoms with van der Waals surface area (Å²) in [5, 5.41) is 4.09. The van der Waals surface area contributed by atoms with Crippen molar-refractivity contribution < 1.29 is 0 Å². The summed E-state index contributed by atoms with van der Waals surface area (Å²) in [7, 11) is 0. The Balaban J connectivity index is 2.56. The first-order valence-electron chi connectivity index (χ1n) is 5.62. The van der Waals surface area contributed by atoms with Gasteiger partial charge in [-0.05, 0) is 20.8 Å². The standard InChI is InChI=1S/C11H16N6O/c1-11(2,3)16-5-4-13-9(10(16)18)17-7-14-8(6-12)15-17/h4-5,7H,6,12H2,1-3H3. The SMILES string of the molecule is CC(C)(C)n1ccnc(-n2cnc(CN)n2)c1=O. The van der Waals surface area contributed by atoms with Gasteiger partial charge in [-0.1, -0.05) is 0 Å². The third-order valence-electron chi connectivity index (χ3n) is 2.48. The third kappa shape index (κ3) is 2.17. The van der Waals surface area contributed by atoms with Crippen LogP contribution in [0.5, 0.6) is 0 Å². The highest BCUT2D eigenvalue weighted by molar-refractivity contribution is 5.16. The molecule has 0 radical (unpaired) electrons. The number of nitrogens with two attached hydrogens (primary N) is 1. The monoisotopic (exact) mass is 248 g/mol. The van der Waals surface area contributed by atoms with Crippen LogP contribution in [0.15, 0.2) is 23.5 Å². The molecule has 0 aromatic carbocycles. The first-order chi connectivity index (χ1) is 8.43. The molecule has 0 bridgehead atoms. The Morgan fingerprint density at radius 3 is 2.61 bits per heavy atom. The van der Waals surface area contributed by atoms with Gasteiger partial charge in [0.15, 0.2) is 5.82 Å². The van der Waals surface area contributed by atoms with Crippen molar-refractivity contribution in [1.29, 1.82) is 0 Å². The van der Waals surface area contributed by atoms with Crippen molar-refractivity contribution in [1.82, 2.24) is 24.3 Å². The fourth-order valence-corrected chi connectivity index (χ4v) is 1.58. The third-order valence-corrected chi connectivity index (χ3v) is 2.48. The Labute approximate surface area is 104 Å². The smallest absolute Gasteiger partial charge is 0.296 e. The second kappa shape index (κ2) is 4.34. The van der Waals surface area contributed by atoms with Crippen molar-refractivity contribution in [2.24, 2.45) is 5.73 Å². The first kappa shape index (κ1) is 12.4. The normalized spacial score (nSPS) is 11.8. The van der Waals surface area contributed by atoms with Gasteiger partial charge in [-0.2, -0.15) is 4.68 Å². The van der Waals surface area contributed by atoms with Crippen molar-refractivity contribution in [2.45, 2.75) is 32.9 Å². The lowest BCUT2D eigenvalue weighted by Gasteiger charge is -2.22. The van der Waals surface area contributed by atoms with Crippen LogP contribution < -0.4 is 11.3 Å². The van der Waals surface area contributed by atoms with Gasteiger partial charge in [0.05, 0.1) is 6.54 Å². The largest absolute Gasteiger partial charge is 0.324 e. The maximum absolute atomic E-state index is 12.3. The van der Waals surface area contributed by atoms with Crippen molar-refractivity contribution in [3.63, 3.8) is 0 Å². The summed E-state index contributed by atoms with van der Waals surface area (Å²) < 4.78 is 2.96. The lowest BCUT2D eigenvalue weighted by molar-refractivity contribution is 0.381. The molecule has 0 atom stereocenters. The molecular formula is C11H16N6O. The van der Waals surface area contributed by atoms with Gasteiger partial charge in [0.2, 0.25) is 5.82 Å². The van der Waals surface area contributed by atoms with E-state index in [0.29, 0.717) is 5.82 Å². The van der Waals surface area contributed by atoms with E-state index < -0.39 is 0 Å². The molecule has 18 heavy (non-hydrogen) atoms. The molecule has 7 heteroatoms. The predicted octanol–water partition coefficient (Wildman–Crippen LogP) is 0.0377. The Bertz CT molecular complexity index is 606. The Morgan fingerprint density at radius 2 is 2.06 bits per heavy atom. The van der Waals surface area contributed by atoms with Crippen LogP contribution in [0.3, 0.4) is 0 Å². The van der Waals surface area contributed by atoms with Crippen LogP contribution in [-0.2, 0) is 12.1 Å². The van der Waals surface area contributed by atoms with Crippen LogP contribution in [0.1, 0.15) is 26.6 Å². The van der Waals surface area contributed by atoms with Crippen LogP contribution in [0, 0.1) is 0 Å². The molecule has 0 saturated carbocycles. The number of hydrogen-bond acceptors (Lipinski definition) is 5. The molecule has 2 heterocycles. The van der Waals surface area contributed by atoms with Crippen LogP contribution in [0.25, 0.3) is 5.82 Å². The van der Waals surface area contributed by atoms with Gasteiger partial charge < -0.3 is 10.3 Å². The van der Waals surface area contributed by atoms with E-state index in [1.807, 2.05) is 20.8 Å². The van der Waals surface area contributed by atoms with E-state index in [-0.39, 0.29) is 23.5 Å². The van der Waals surface area contributed by atoms with Crippen molar-refractivity contribution >= 4 is 0 Å². The van der Waals surface area contributed by atoms with E-state index in [1.54, 1.807) is 17.0 Å². The van der Waals surface area contributed by atoms with E-state index in [2.05, 4.69) is 15.1 Å². The molecule has 0 saturated heterocycles. The summed E-state index contributed by atoms with van der Waals surface area (Å²) in [5.74, 6) is 0.696. The van der Waals surface area contributed by atoms with Crippen LogP contribution in [0.4, 0.5) is 0 Å². The molecule has 0 amide bonds. The van der Waals surface area contributed by atoms with Gasteiger partial charge >= 0.3 is 0 Å². The zero-order valence-electron chi connectivity index (χ0n) is 10.7. The maximum atomic E-state index is 12.3. The minimum atomic E-state index is -0.313. The second-order valence-electron chi connectivity index (χ2n) is 4.91. The molecule has 2 aromatic heterocycles. The number of aromatic nitrogens is 5. The minimum Gasteiger partial charge on any atom is -0.324 e. The topological polar surface area (TPSA) is 91.6 Å². The average Bonchev–Trinajstić information content (AvgIpc) is 2.76. The maximum Gasteiger partial charge on any atom is 0.296 e. The van der Waals surface area contributed by atoms with E-state index >= 15 is 0 Å². The van der Waals surface area contributed by atoms with Crippen molar-refractivity contribution in [2.75, 3.05) is 0 Å². The summed E-state index contributed by atoms with van der Waals surface area (Å²) in [6.45, 7) is 6.08. The molecule has 0 unspecified atom stereocenters. The summed E-state index contributed by atoms with van der Waals surface area (Å²) >= 11 is 0. The van der Waals surface area contributed by atoms with Gasteiger partial charge in [-0.3, -0.25) is 4.79 Å². The molecule has 2 aromatic rings. The summed E-state index contributed by atoms with van der Waals surface area (Å²) in [4.78, 5) is 20.3. The van der Waals surface area contributed by atoms with Gasteiger partial charge in [-0.15, -0.1) is 5.10 Å². The molecule has 7 nitrogen and oxygen atoms in total. The number of rotatable bonds is 2. The molecule has 0 aliphatic carbocycles. The highest BCUT2D eigenvalue weighted by Gasteiger charge is 2.17. The lowest BCUT2D eigenvalue weighted by atomic mass is 10.1. The molecule has 96 valence electrons.